The minimum atomic E-state index is -0.208. The molecule has 33 heavy (non-hydrogen) atoms. The molecular formula is C26H32N6O. The summed E-state index contributed by atoms with van der Waals surface area (Å²) in [5.41, 5.74) is 4.72. The van der Waals surface area contributed by atoms with Gasteiger partial charge in [-0.1, -0.05) is 13.0 Å². The number of benzene rings is 1. The van der Waals surface area contributed by atoms with E-state index in [2.05, 4.69) is 34.4 Å². The molecule has 1 aliphatic heterocycles. The number of aryl methyl sites for hydroxylation is 2. The fourth-order valence-electron chi connectivity index (χ4n) is 4.45. The number of pyridine rings is 1. The molecule has 0 saturated carbocycles. The highest BCUT2D eigenvalue weighted by Crippen LogP contribution is 2.34. The van der Waals surface area contributed by atoms with Gasteiger partial charge in [0, 0.05) is 61.8 Å². The third-order valence-corrected chi connectivity index (χ3v) is 6.41. The molecule has 0 radical (unpaired) electrons. The lowest BCUT2D eigenvalue weighted by atomic mass is 9.78. The second kappa shape index (κ2) is 9.57. The van der Waals surface area contributed by atoms with Crippen LogP contribution in [0, 0.1) is 13.8 Å². The van der Waals surface area contributed by atoms with E-state index in [1.165, 1.54) is 0 Å². The van der Waals surface area contributed by atoms with Crippen molar-refractivity contribution in [3.63, 3.8) is 0 Å². The first-order chi connectivity index (χ1) is 15.9. The van der Waals surface area contributed by atoms with E-state index in [-0.39, 0.29) is 11.3 Å². The summed E-state index contributed by atoms with van der Waals surface area (Å²) in [5.74, 6) is 1.61. The molecule has 2 aromatic heterocycles. The predicted molar refractivity (Wildman–Crippen MR) is 132 cm³/mol. The van der Waals surface area contributed by atoms with Gasteiger partial charge in [0.25, 0.3) is 5.91 Å². The standard InChI is InChI=1S/C26H32N6O/c1-18-6-7-21(14-22(18)29-16-20-8-11-28-12-9-20)25(33)32-13-5-10-26(3,17-32)23-15-24(27-4)31-19(2)30-23/h6-9,11-12,14-15,29H,5,10,13,16-17H2,1-4H3,(H,27,30,31)/t26-/m1/s1. The molecule has 172 valence electrons. The molecule has 3 aromatic rings. The summed E-state index contributed by atoms with van der Waals surface area (Å²) in [6, 6.07) is 11.9. The molecule has 7 nitrogen and oxygen atoms in total. The van der Waals surface area contributed by atoms with Crippen molar-refractivity contribution >= 4 is 17.4 Å². The number of nitrogens with zero attached hydrogens (tertiary/aromatic N) is 4. The third kappa shape index (κ3) is 5.13. The largest absolute Gasteiger partial charge is 0.381 e. The van der Waals surface area contributed by atoms with E-state index in [1.807, 2.05) is 55.3 Å². The van der Waals surface area contributed by atoms with Crippen LogP contribution >= 0.6 is 0 Å². The molecule has 1 atom stereocenters. The molecule has 1 amide bonds. The zero-order valence-electron chi connectivity index (χ0n) is 19.9. The van der Waals surface area contributed by atoms with Gasteiger partial charge in [-0.2, -0.15) is 0 Å². The van der Waals surface area contributed by atoms with E-state index in [4.69, 9.17) is 4.98 Å². The number of hydrogen-bond acceptors (Lipinski definition) is 6. The van der Waals surface area contributed by atoms with Crippen LogP contribution in [0.1, 0.15) is 52.8 Å². The second-order valence-corrected chi connectivity index (χ2v) is 9.07. The quantitative estimate of drug-likeness (QED) is 0.589. The Balaban J connectivity index is 1.52. The molecule has 0 bridgehead atoms. The number of piperidine rings is 1. The van der Waals surface area contributed by atoms with E-state index in [0.717, 1.165) is 53.5 Å². The smallest absolute Gasteiger partial charge is 0.253 e. The van der Waals surface area contributed by atoms with Gasteiger partial charge in [-0.05, 0) is 62.1 Å². The number of nitrogens with one attached hydrogen (secondary N) is 2. The molecule has 1 aliphatic rings. The van der Waals surface area contributed by atoms with Crippen LogP contribution in [-0.2, 0) is 12.0 Å². The lowest BCUT2D eigenvalue weighted by molar-refractivity contribution is 0.0647. The van der Waals surface area contributed by atoms with Gasteiger partial charge in [-0.3, -0.25) is 9.78 Å². The first-order valence-electron chi connectivity index (χ1n) is 11.4. The zero-order chi connectivity index (χ0) is 23.4. The Morgan fingerprint density at radius 1 is 1.12 bits per heavy atom. The van der Waals surface area contributed by atoms with Crippen molar-refractivity contribution in [1.29, 1.82) is 0 Å². The molecule has 3 heterocycles. The number of carbonyl (C=O) groups is 1. The summed E-state index contributed by atoms with van der Waals surface area (Å²) in [6.45, 7) is 8.24. The average molecular weight is 445 g/mol. The van der Waals surface area contributed by atoms with Crippen LogP contribution in [0.2, 0.25) is 0 Å². The van der Waals surface area contributed by atoms with Gasteiger partial charge in [0.2, 0.25) is 0 Å². The summed E-state index contributed by atoms with van der Waals surface area (Å²) in [4.78, 5) is 28.7. The summed E-state index contributed by atoms with van der Waals surface area (Å²) in [5, 5.41) is 6.58. The number of anilines is 2. The number of carbonyl (C=O) groups excluding carboxylic acids is 1. The van der Waals surface area contributed by atoms with Gasteiger partial charge < -0.3 is 15.5 Å². The molecule has 0 spiro atoms. The molecule has 4 rings (SSSR count). The third-order valence-electron chi connectivity index (χ3n) is 6.41. The molecule has 1 aromatic carbocycles. The molecule has 2 N–H and O–H groups in total. The van der Waals surface area contributed by atoms with E-state index >= 15 is 0 Å². The predicted octanol–water partition coefficient (Wildman–Crippen LogP) is 4.34. The fourth-order valence-corrected chi connectivity index (χ4v) is 4.45. The maximum atomic E-state index is 13.5. The van der Waals surface area contributed by atoms with Crippen LogP contribution in [0.5, 0.6) is 0 Å². The van der Waals surface area contributed by atoms with Crippen LogP contribution in [0.25, 0.3) is 0 Å². The number of rotatable bonds is 6. The second-order valence-electron chi connectivity index (χ2n) is 9.07. The van der Waals surface area contributed by atoms with Crippen molar-refractivity contribution in [2.75, 3.05) is 30.8 Å². The van der Waals surface area contributed by atoms with Gasteiger partial charge >= 0.3 is 0 Å². The van der Waals surface area contributed by atoms with Crippen LogP contribution in [0.4, 0.5) is 11.5 Å². The number of likely N-dealkylation sites (tertiary alicyclic amines) is 1. The Kier molecular flexibility index (Phi) is 6.58. The number of amides is 1. The van der Waals surface area contributed by atoms with Crippen LogP contribution < -0.4 is 10.6 Å². The summed E-state index contributed by atoms with van der Waals surface area (Å²) < 4.78 is 0. The molecule has 1 saturated heterocycles. The summed E-state index contributed by atoms with van der Waals surface area (Å²) in [7, 11) is 1.86. The number of hydrogen-bond donors (Lipinski definition) is 2. The normalized spacial score (nSPS) is 18.1. The van der Waals surface area contributed by atoms with Crippen molar-refractivity contribution < 1.29 is 4.79 Å². The molecule has 0 unspecified atom stereocenters. The van der Waals surface area contributed by atoms with E-state index < -0.39 is 0 Å². The van der Waals surface area contributed by atoms with Crippen LogP contribution in [0.15, 0.2) is 48.8 Å². The maximum Gasteiger partial charge on any atom is 0.253 e. The van der Waals surface area contributed by atoms with Crippen molar-refractivity contribution in [3.8, 4) is 0 Å². The summed E-state index contributed by atoms with van der Waals surface area (Å²) in [6.07, 6.45) is 5.51. The summed E-state index contributed by atoms with van der Waals surface area (Å²) >= 11 is 0. The van der Waals surface area contributed by atoms with E-state index in [9.17, 15) is 4.79 Å². The van der Waals surface area contributed by atoms with Crippen molar-refractivity contribution in [2.45, 2.75) is 45.6 Å². The van der Waals surface area contributed by atoms with Crippen molar-refractivity contribution in [3.05, 3.63) is 77.0 Å². The van der Waals surface area contributed by atoms with Gasteiger partial charge in [-0.15, -0.1) is 0 Å². The zero-order valence-corrected chi connectivity index (χ0v) is 19.9. The fraction of sp³-hybridized carbons (Fsp3) is 0.385. The Labute approximate surface area is 195 Å². The van der Waals surface area contributed by atoms with Gasteiger partial charge in [0.1, 0.15) is 11.6 Å². The first kappa shape index (κ1) is 22.7. The van der Waals surface area contributed by atoms with Crippen LogP contribution in [0.3, 0.4) is 0 Å². The average Bonchev–Trinajstić information content (AvgIpc) is 2.83. The van der Waals surface area contributed by atoms with Crippen LogP contribution in [-0.4, -0.2) is 45.9 Å². The maximum absolute atomic E-state index is 13.5. The highest BCUT2D eigenvalue weighted by atomic mass is 16.2. The van der Waals surface area contributed by atoms with Gasteiger partial charge in [0.15, 0.2) is 0 Å². The Morgan fingerprint density at radius 3 is 2.67 bits per heavy atom. The molecule has 0 aliphatic carbocycles. The first-order valence-corrected chi connectivity index (χ1v) is 11.4. The lowest BCUT2D eigenvalue weighted by Gasteiger charge is -2.40. The van der Waals surface area contributed by atoms with Crippen molar-refractivity contribution in [2.24, 2.45) is 0 Å². The monoisotopic (exact) mass is 444 g/mol. The Morgan fingerprint density at radius 2 is 1.91 bits per heavy atom. The Hall–Kier alpha value is -3.48. The number of aromatic nitrogens is 3. The minimum absolute atomic E-state index is 0.0625. The lowest BCUT2D eigenvalue weighted by Crippen LogP contribution is -2.47. The highest BCUT2D eigenvalue weighted by Gasteiger charge is 2.36. The van der Waals surface area contributed by atoms with Gasteiger partial charge in [-0.25, -0.2) is 9.97 Å². The molecular weight excluding hydrogens is 412 g/mol. The SMILES string of the molecule is CNc1cc([C@]2(C)CCCN(C(=O)c3ccc(C)c(NCc4ccncc4)c3)C2)nc(C)n1. The van der Waals surface area contributed by atoms with E-state index in [0.29, 0.717) is 18.7 Å². The van der Waals surface area contributed by atoms with E-state index in [1.54, 1.807) is 12.4 Å². The molecule has 7 heteroatoms. The van der Waals surface area contributed by atoms with Crippen molar-refractivity contribution in [1.82, 2.24) is 19.9 Å². The Bertz CT molecular complexity index is 1130. The highest BCUT2D eigenvalue weighted by molar-refractivity contribution is 5.95. The topological polar surface area (TPSA) is 83.0 Å². The van der Waals surface area contributed by atoms with Gasteiger partial charge in [0.05, 0.1) is 5.69 Å². The minimum Gasteiger partial charge on any atom is -0.381 e. The molecule has 1 fully saturated rings.